The van der Waals surface area contributed by atoms with Crippen molar-refractivity contribution in [3.05, 3.63) is 193 Å². The summed E-state index contributed by atoms with van der Waals surface area (Å²) >= 11 is 10.5. The smallest absolute Gasteiger partial charge is 1.00 e. The van der Waals surface area contributed by atoms with Crippen LogP contribution >= 0.6 is 23.2 Å². The SMILES string of the molecule is CCCC1C=C(C(C)(C)C)C=[C]1[Zr+2](=[C](c1cccc(Cl)c1)c1cccc(Cl)c1)[c]1c(-c2ccccc2)ccc2c1Cc1cc(-c3ccccc3)ccc1-2.[Cl-].[Cl-]. The van der Waals surface area contributed by atoms with Crippen LogP contribution in [-0.2, 0) is 27.7 Å². The molecule has 2 aliphatic rings. The van der Waals surface area contributed by atoms with E-state index < -0.39 is 21.3 Å². The van der Waals surface area contributed by atoms with Gasteiger partial charge in [0.1, 0.15) is 0 Å². The van der Waals surface area contributed by atoms with E-state index in [-0.39, 0.29) is 30.2 Å². The number of hydrogen-bond acceptors (Lipinski definition) is 0. The topological polar surface area (TPSA) is 0 Å². The van der Waals surface area contributed by atoms with Crippen LogP contribution in [0, 0.1) is 11.3 Å². The van der Waals surface area contributed by atoms with Gasteiger partial charge in [0.15, 0.2) is 0 Å². The normalized spacial score (nSPS) is 14.0. The molecule has 0 heterocycles. The van der Waals surface area contributed by atoms with Gasteiger partial charge >= 0.3 is 335 Å². The maximum Gasteiger partial charge on any atom is -1.00 e. The van der Waals surface area contributed by atoms with E-state index in [1.165, 1.54) is 64.4 Å². The Morgan fingerprint density at radius 3 is 1.80 bits per heavy atom. The molecule has 0 spiro atoms. The predicted octanol–water partition coefficient (Wildman–Crippen LogP) is 7.71. The van der Waals surface area contributed by atoms with Gasteiger partial charge < -0.3 is 24.8 Å². The summed E-state index contributed by atoms with van der Waals surface area (Å²) in [6.45, 7) is 9.41. The van der Waals surface area contributed by atoms with Crippen LogP contribution in [0.25, 0.3) is 33.4 Å². The fourth-order valence-corrected chi connectivity index (χ4v) is 17.6. The summed E-state index contributed by atoms with van der Waals surface area (Å²) in [4.78, 5) is 0. The van der Waals surface area contributed by atoms with Gasteiger partial charge in [0.25, 0.3) is 0 Å². The standard InChI is InChI=1S/C25H17.C13H8Cl2.C12H19.2ClH.Zr/c1-3-7-18(8-4-1)20-11-13-24-22(15-20)17-23-16-21(12-14-25(23)24)19-9-5-2-6-10-19;14-12-5-1-3-10(8-12)7-11-4-2-6-13(15)9-11;1-5-6-10-7-8-11(9-10)12(2,3)4;;;/h1-15H,17H2;1-6,8-9H;8-10H,5-6H2,1-4H3;2*1H;/q;;;;;+2/p-2. The zero-order chi connectivity index (χ0) is 36.7. The molecular formula is C50H44Cl4Zr. The maximum atomic E-state index is 6.88. The minimum atomic E-state index is -3.23. The molecule has 0 bridgehead atoms. The number of hydrogen-bond donors (Lipinski definition) is 0. The fraction of sp³-hybridized carbons (Fsp3) is 0.180. The van der Waals surface area contributed by atoms with Crippen molar-refractivity contribution in [2.75, 3.05) is 0 Å². The van der Waals surface area contributed by atoms with Crippen molar-refractivity contribution in [1.29, 1.82) is 0 Å². The third-order valence-electron chi connectivity index (χ3n) is 10.8. The minimum Gasteiger partial charge on any atom is -1.00 e. The van der Waals surface area contributed by atoms with Gasteiger partial charge in [-0.3, -0.25) is 0 Å². The van der Waals surface area contributed by atoms with Crippen molar-refractivity contribution < 1.29 is 46.1 Å². The first-order valence-corrected chi connectivity index (χ1v) is 23.2. The van der Waals surface area contributed by atoms with Gasteiger partial charge in [-0.1, -0.05) is 0 Å². The Kier molecular flexibility index (Phi) is 13.1. The molecule has 2 aliphatic carbocycles. The van der Waals surface area contributed by atoms with Gasteiger partial charge in [0.2, 0.25) is 0 Å². The molecule has 0 nitrogen and oxygen atoms in total. The summed E-state index contributed by atoms with van der Waals surface area (Å²) in [5.74, 6) is 0.380. The molecule has 0 radical (unpaired) electrons. The molecule has 6 aromatic rings. The van der Waals surface area contributed by atoms with Crippen LogP contribution in [0.2, 0.25) is 10.0 Å². The van der Waals surface area contributed by atoms with E-state index in [1.807, 2.05) is 12.1 Å². The average Bonchev–Trinajstić information content (AvgIpc) is 3.76. The van der Waals surface area contributed by atoms with E-state index in [0.717, 1.165) is 29.3 Å². The predicted molar refractivity (Wildman–Crippen MR) is 225 cm³/mol. The molecule has 0 fully saturated rings. The molecule has 6 aromatic carbocycles. The van der Waals surface area contributed by atoms with E-state index in [4.69, 9.17) is 23.2 Å². The summed E-state index contributed by atoms with van der Waals surface area (Å²) in [6, 6.07) is 51.0. The van der Waals surface area contributed by atoms with Crippen LogP contribution in [0.5, 0.6) is 0 Å². The molecule has 5 heteroatoms. The van der Waals surface area contributed by atoms with Gasteiger partial charge in [-0.2, -0.15) is 0 Å². The number of rotatable bonds is 8. The quantitative estimate of drug-likeness (QED) is 0.147. The van der Waals surface area contributed by atoms with E-state index >= 15 is 0 Å². The van der Waals surface area contributed by atoms with Gasteiger partial charge in [-0.15, -0.1) is 0 Å². The second-order valence-electron chi connectivity index (χ2n) is 15.4. The van der Waals surface area contributed by atoms with Crippen molar-refractivity contribution in [3.8, 4) is 33.4 Å². The molecule has 0 aromatic heterocycles. The van der Waals surface area contributed by atoms with Crippen molar-refractivity contribution in [2.45, 2.75) is 47.0 Å². The largest absolute Gasteiger partial charge is 1.00 e. The molecule has 8 rings (SSSR count). The molecule has 0 amide bonds. The first kappa shape index (κ1) is 41.3. The molecule has 55 heavy (non-hydrogen) atoms. The number of fused-ring (bicyclic) bond motifs is 3. The van der Waals surface area contributed by atoms with Gasteiger partial charge in [-0.25, -0.2) is 0 Å². The second kappa shape index (κ2) is 17.5. The van der Waals surface area contributed by atoms with E-state index in [0.29, 0.717) is 5.92 Å². The Morgan fingerprint density at radius 1 is 0.636 bits per heavy atom. The summed E-state index contributed by atoms with van der Waals surface area (Å²) in [5.41, 5.74) is 14.7. The van der Waals surface area contributed by atoms with Crippen LogP contribution in [0.4, 0.5) is 0 Å². The molecular weight excluding hydrogens is 834 g/mol. The first-order valence-electron chi connectivity index (χ1n) is 18.8. The molecule has 1 unspecified atom stereocenters. The Balaban J connectivity index is 0.00000257. The van der Waals surface area contributed by atoms with Crippen LogP contribution < -0.4 is 28.1 Å². The van der Waals surface area contributed by atoms with E-state index in [9.17, 15) is 0 Å². The summed E-state index contributed by atoms with van der Waals surface area (Å²) in [5, 5.41) is 1.51. The van der Waals surface area contributed by atoms with Gasteiger partial charge in [0.05, 0.1) is 0 Å². The van der Waals surface area contributed by atoms with Crippen molar-refractivity contribution in [1.82, 2.24) is 0 Å². The van der Waals surface area contributed by atoms with Crippen molar-refractivity contribution in [2.24, 2.45) is 11.3 Å². The monoisotopic (exact) mass is 874 g/mol. The number of allylic oxidation sites excluding steroid dienone is 4. The van der Waals surface area contributed by atoms with Crippen LogP contribution in [0.3, 0.4) is 0 Å². The third kappa shape index (κ3) is 8.40. The Hall–Kier alpha value is -3.29. The van der Waals surface area contributed by atoms with E-state index in [1.54, 1.807) is 6.55 Å². The Morgan fingerprint density at radius 2 is 1.22 bits per heavy atom. The molecule has 0 saturated heterocycles. The summed E-state index contributed by atoms with van der Waals surface area (Å²) < 4.78 is 4.64. The van der Waals surface area contributed by atoms with Gasteiger partial charge in [0, 0.05) is 0 Å². The minimum absolute atomic E-state index is 0. The van der Waals surface area contributed by atoms with Crippen LogP contribution in [0.1, 0.15) is 62.8 Å². The Labute approximate surface area is 357 Å². The summed E-state index contributed by atoms with van der Waals surface area (Å²) in [7, 11) is 0. The van der Waals surface area contributed by atoms with Crippen LogP contribution in [0.15, 0.2) is 161 Å². The van der Waals surface area contributed by atoms with Crippen molar-refractivity contribution >= 4 is 29.7 Å². The third-order valence-corrected chi connectivity index (χ3v) is 19.3. The zero-order valence-electron chi connectivity index (χ0n) is 31.6. The molecule has 0 N–H and O–H groups in total. The maximum absolute atomic E-state index is 6.88. The Bertz CT molecular complexity index is 2390. The van der Waals surface area contributed by atoms with Crippen molar-refractivity contribution in [3.63, 3.8) is 0 Å². The average molecular weight is 878 g/mol. The molecule has 0 aliphatic heterocycles. The second-order valence-corrected chi connectivity index (χ2v) is 22.0. The molecule has 276 valence electrons. The van der Waals surface area contributed by atoms with E-state index in [2.05, 4.69) is 167 Å². The molecule has 1 atom stereocenters. The fourth-order valence-electron chi connectivity index (χ4n) is 8.29. The number of halogens is 4. The zero-order valence-corrected chi connectivity index (χ0v) is 37.1. The number of benzene rings is 6. The first-order chi connectivity index (χ1) is 25.7. The summed E-state index contributed by atoms with van der Waals surface area (Å²) in [6.07, 6.45) is 8.41. The van der Waals surface area contributed by atoms with Crippen LogP contribution in [-0.4, -0.2) is 3.21 Å². The van der Waals surface area contributed by atoms with Gasteiger partial charge in [-0.05, 0) is 0 Å². The molecule has 0 saturated carbocycles.